The van der Waals surface area contributed by atoms with E-state index in [4.69, 9.17) is 15.2 Å². The first-order valence-corrected chi connectivity index (χ1v) is 6.76. The molecule has 1 aromatic carbocycles. The molecule has 0 bridgehead atoms. The predicted molar refractivity (Wildman–Crippen MR) is 76.5 cm³/mol. The van der Waals surface area contributed by atoms with Gasteiger partial charge in [-0.1, -0.05) is 6.07 Å². The van der Waals surface area contributed by atoms with Gasteiger partial charge in [0.15, 0.2) is 11.5 Å². The molecule has 5 nitrogen and oxygen atoms in total. The van der Waals surface area contributed by atoms with Crippen LogP contribution in [0.15, 0.2) is 18.2 Å². The highest BCUT2D eigenvalue weighted by Crippen LogP contribution is 2.32. The fourth-order valence-electron chi connectivity index (χ4n) is 2.02. The van der Waals surface area contributed by atoms with Crippen molar-refractivity contribution in [2.45, 2.75) is 38.8 Å². The maximum Gasteiger partial charge on any atom is 0.231 e. The summed E-state index contributed by atoms with van der Waals surface area (Å²) in [5.41, 5.74) is 6.61. The standard InChI is InChI=1S/C15H22N2O3/c1-15(2,16)7-6-14(18)17(3)9-11-4-5-12-13(8-11)20-10-19-12/h4-5,8H,6-7,9-10,16H2,1-3H3. The summed E-state index contributed by atoms with van der Waals surface area (Å²) >= 11 is 0. The van der Waals surface area contributed by atoms with E-state index in [9.17, 15) is 4.79 Å². The van der Waals surface area contributed by atoms with Crippen LogP contribution >= 0.6 is 0 Å². The van der Waals surface area contributed by atoms with Gasteiger partial charge in [-0.2, -0.15) is 0 Å². The van der Waals surface area contributed by atoms with Gasteiger partial charge in [0.25, 0.3) is 0 Å². The molecule has 1 aromatic rings. The molecule has 20 heavy (non-hydrogen) atoms. The molecule has 0 saturated heterocycles. The monoisotopic (exact) mass is 278 g/mol. The molecule has 1 amide bonds. The Morgan fingerprint density at radius 1 is 1.35 bits per heavy atom. The van der Waals surface area contributed by atoms with Gasteiger partial charge >= 0.3 is 0 Å². The second-order valence-electron chi connectivity index (χ2n) is 5.93. The summed E-state index contributed by atoms with van der Waals surface area (Å²) < 4.78 is 10.6. The van der Waals surface area contributed by atoms with Gasteiger partial charge in [-0.15, -0.1) is 0 Å². The van der Waals surface area contributed by atoms with Crippen LogP contribution in [0.4, 0.5) is 0 Å². The second kappa shape index (κ2) is 5.71. The SMILES string of the molecule is CN(Cc1ccc2c(c1)OCO2)C(=O)CCC(C)(C)N. The van der Waals surface area contributed by atoms with Crippen LogP contribution in [0.2, 0.25) is 0 Å². The molecular formula is C15H22N2O3. The Balaban J connectivity index is 1.90. The van der Waals surface area contributed by atoms with E-state index in [-0.39, 0.29) is 18.2 Å². The smallest absolute Gasteiger partial charge is 0.231 e. The molecule has 0 aliphatic carbocycles. The molecule has 0 spiro atoms. The van der Waals surface area contributed by atoms with Crippen molar-refractivity contribution in [2.75, 3.05) is 13.8 Å². The van der Waals surface area contributed by atoms with Crippen LogP contribution in [0, 0.1) is 0 Å². The lowest BCUT2D eigenvalue weighted by molar-refractivity contribution is -0.130. The third kappa shape index (κ3) is 3.87. The zero-order valence-electron chi connectivity index (χ0n) is 12.3. The van der Waals surface area contributed by atoms with E-state index in [2.05, 4.69) is 0 Å². The number of amides is 1. The third-order valence-corrected chi connectivity index (χ3v) is 3.27. The molecule has 2 rings (SSSR count). The minimum absolute atomic E-state index is 0.0983. The Morgan fingerprint density at radius 3 is 2.75 bits per heavy atom. The van der Waals surface area contributed by atoms with E-state index < -0.39 is 0 Å². The van der Waals surface area contributed by atoms with Gasteiger partial charge in [0.1, 0.15) is 0 Å². The van der Waals surface area contributed by atoms with E-state index in [1.165, 1.54) is 0 Å². The second-order valence-corrected chi connectivity index (χ2v) is 5.93. The Bertz CT molecular complexity index is 494. The van der Waals surface area contributed by atoms with Crippen LogP contribution in [-0.4, -0.2) is 30.2 Å². The number of carbonyl (C=O) groups is 1. The zero-order chi connectivity index (χ0) is 14.8. The summed E-state index contributed by atoms with van der Waals surface area (Å²) in [5.74, 6) is 1.60. The zero-order valence-corrected chi connectivity index (χ0v) is 12.3. The predicted octanol–water partition coefficient (Wildman–Crippen LogP) is 1.89. The van der Waals surface area contributed by atoms with Gasteiger partial charge in [-0.3, -0.25) is 4.79 Å². The van der Waals surface area contributed by atoms with Crippen LogP contribution in [0.3, 0.4) is 0 Å². The molecule has 1 aliphatic heterocycles. The lowest BCUT2D eigenvalue weighted by Gasteiger charge is -2.21. The molecule has 0 saturated carbocycles. The summed E-state index contributed by atoms with van der Waals surface area (Å²) in [5, 5.41) is 0. The highest BCUT2D eigenvalue weighted by atomic mass is 16.7. The number of carbonyl (C=O) groups excluding carboxylic acids is 1. The third-order valence-electron chi connectivity index (χ3n) is 3.27. The van der Waals surface area contributed by atoms with E-state index in [1.807, 2.05) is 32.0 Å². The first-order valence-electron chi connectivity index (χ1n) is 6.76. The number of hydrogen-bond acceptors (Lipinski definition) is 4. The highest BCUT2D eigenvalue weighted by molar-refractivity contribution is 5.76. The first kappa shape index (κ1) is 14.7. The van der Waals surface area contributed by atoms with Gasteiger partial charge < -0.3 is 20.1 Å². The van der Waals surface area contributed by atoms with Gasteiger partial charge in [0.05, 0.1) is 0 Å². The van der Waals surface area contributed by atoms with Crippen LogP contribution in [-0.2, 0) is 11.3 Å². The number of hydrogen-bond donors (Lipinski definition) is 1. The van der Waals surface area contributed by atoms with Gasteiger partial charge in [0.2, 0.25) is 12.7 Å². The van der Waals surface area contributed by atoms with Gasteiger partial charge in [-0.05, 0) is 38.0 Å². The minimum atomic E-state index is -0.310. The summed E-state index contributed by atoms with van der Waals surface area (Å²) in [6, 6.07) is 5.74. The van der Waals surface area contributed by atoms with Crippen LogP contribution < -0.4 is 15.2 Å². The summed E-state index contributed by atoms with van der Waals surface area (Å²) in [7, 11) is 1.80. The Hall–Kier alpha value is -1.75. The van der Waals surface area contributed by atoms with Crippen molar-refractivity contribution >= 4 is 5.91 Å². The Labute approximate surface area is 119 Å². The van der Waals surface area contributed by atoms with E-state index in [1.54, 1.807) is 11.9 Å². The lowest BCUT2D eigenvalue weighted by atomic mass is 10.00. The molecule has 110 valence electrons. The lowest BCUT2D eigenvalue weighted by Crippen LogP contribution is -2.34. The average molecular weight is 278 g/mol. The van der Waals surface area contributed by atoms with Crippen molar-refractivity contribution in [1.82, 2.24) is 4.90 Å². The van der Waals surface area contributed by atoms with Crippen molar-refractivity contribution in [2.24, 2.45) is 5.73 Å². The summed E-state index contributed by atoms with van der Waals surface area (Å²) in [6.07, 6.45) is 1.14. The molecule has 0 radical (unpaired) electrons. The molecule has 1 aliphatic rings. The number of nitrogens with two attached hydrogens (primary N) is 1. The minimum Gasteiger partial charge on any atom is -0.454 e. The Morgan fingerprint density at radius 2 is 2.05 bits per heavy atom. The number of benzene rings is 1. The summed E-state index contributed by atoms with van der Waals surface area (Å²) in [6.45, 7) is 4.68. The van der Waals surface area contributed by atoms with Crippen molar-refractivity contribution in [3.63, 3.8) is 0 Å². The van der Waals surface area contributed by atoms with Crippen LogP contribution in [0.5, 0.6) is 11.5 Å². The Kier molecular flexibility index (Phi) is 4.18. The van der Waals surface area contributed by atoms with Crippen molar-refractivity contribution in [3.05, 3.63) is 23.8 Å². The number of fused-ring (bicyclic) bond motifs is 1. The fourth-order valence-corrected chi connectivity index (χ4v) is 2.02. The topological polar surface area (TPSA) is 64.8 Å². The first-order chi connectivity index (χ1) is 9.35. The van der Waals surface area contributed by atoms with E-state index in [0.29, 0.717) is 19.4 Å². The van der Waals surface area contributed by atoms with Crippen LogP contribution in [0.1, 0.15) is 32.3 Å². The maximum atomic E-state index is 12.0. The molecule has 0 atom stereocenters. The maximum absolute atomic E-state index is 12.0. The largest absolute Gasteiger partial charge is 0.454 e. The van der Waals surface area contributed by atoms with Crippen LogP contribution in [0.25, 0.3) is 0 Å². The fraction of sp³-hybridized carbons (Fsp3) is 0.533. The van der Waals surface area contributed by atoms with Crippen molar-refractivity contribution < 1.29 is 14.3 Å². The van der Waals surface area contributed by atoms with Crippen molar-refractivity contribution in [1.29, 1.82) is 0 Å². The molecule has 0 unspecified atom stereocenters. The van der Waals surface area contributed by atoms with Gasteiger partial charge in [-0.25, -0.2) is 0 Å². The highest BCUT2D eigenvalue weighted by Gasteiger charge is 2.17. The summed E-state index contributed by atoms with van der Waals surface area (Å²) in [4.78, 5) is 13.8. The molecule has 1 heterocycles. The van der Waals surface area contributed by atoms with E-state index in [0.717, 1.165) is 17.1 Å². The normalized spacial score (nSPS) is 13.4. The molecule has 0 aromatic heterocycles. The molecule has 2 N–H and O–H groups in total. The van der Waals surface area contributed by atoms with Crippen molar-refractivity contribution in [3.8, 4) is 11.5 Å². The average Bonchev–Trinajstić information content (AvgIpc) is 2.82. The van der Waals surface area contributed by atoms with E-state index >= 15 is 0 Å². The molecule has 5 heteroatoms. The number of nitrogens with zero attached hydrogens (tertiary/aromatic N) is 1. The number of rotatable bonds is 5. The number of ether oxygens (including phenoxy) is 2. The van der Waals surface area contributed by atoms with Gasteiger partial charge in [0, 0.05) is 25.6 Å². The molecular weight excluding hydrogens is 256 g/mol. The molecule has 0 fully saturated rings. The quantitative estimate of drug-likeness (QED) is 0.893.